The van der Waals surface area contributed by atoms with E-state index in [2.05, 4.69) is 11.7 Å². The normalized spacial score (nSPS) is 13.6. The third-order valence-corrected chi connectivity index (χ3v) is 1.17. The molecule has 0 amide bonds. The van der Waals surface area contributed by atoms with Gasteiger partial charge in [-0.25, -0.2) is 4.79 Å². The third kappa shape index (κ3) is 5.07. The minimum Gasteiger partial charge on any atom is -0.426 e. The Hall–Kier alpha value is -0.790. The molecule has 9 heavy (non-hydrogen) atoms. The molecule has 0 saturated heterocycles. The molecule has 0 aromatic carbocycles. The Morgan fingerprint density at radius 3 is 2.89 bits per heavy atom. The second-order valence-corrected chi connectivity index (χ2v) is 1.92. The van der Waals surface area contributed by atoms with Crippen molar-refractivity contribution in [2.24, 2.45) is 5.92 Å². The van der Waals surface area contributed by atoms with Gasteiger partial charge >= 0.3 is 6.47 Å². The minimum atomic E-state index is 0.471. The fourth-order valence-corrected chi connectivity index (χ4v) is 0.337. The molecule has 0 saturated carbocycles. The van der Waals surface area contributed by atoms with Gasteiger partial charge in [0.2, 0.25) is 0 Å². The summed E-state index contributed by atoms with van der Waals surface area (Å²) in [5.41, 5.74) is 0. The monoisotopic (exact) mass is 127 g/mol. The summed E-state index contributed by atoms with van der Waals surface area (Å²) >= 11 is 0. The highest BCUT2D eigenvalue weighted by Crippen LogP contribution is 2.00. The zero-order valence-corrected chi connectivity index (χ0v) is 5.76. The third-order valence-electron chi connectivity index (χ3n) is 1.17. The Kier molecular flexibility index (Phi) is 4.88. The van der Waals surface area contributed by atoms with Crippen LogP contribution < -0.4 is 0 Å². The van der Waals surface area contributed by atoms with E-state index in [0.717, 1.165) is 6.42 Å². The van der Waals surface area contributed by atoms with Crippen LogP contribution in [0.3, 0.4) is 0 Å². The molecular formula is C7H11O2. The van der Waals surface area contributed by atoms with E-state index >= 15 is 0 Å². The quantitative estimate of drug-likeness (QED) is 0.536. The Labute approximate surface area is 55.5 Å². The fraction of sp³-hybridized carbons (Fsp3) is 0.571. The van der Waals surface area contributed by atoms with Crippen LogP contribution in [0.4, 0.5) is 0 Å². The SMILES string of the molecule is CCC(C)/C=C/O[C]=O. The van der Waals surface area contributed by atoms with Gasteiger partial charge in [-0.2, -0.15) is 0 Å². The summed E-state index contributed by atoms with van der Waals surface area (Å²) in [5, 5.41) is 0. The van der Waals surface area contributed by atoms with Gasteiger partial charge in [0.1, 0.15) is 0 Å². The molecule has 0 aliphatic carbocycles. The first kappa shape index (κ1) is 8.21. The molecule has 2 heteroatoms. The van der Waals surface area contributed by atoms with Crippen molar-refractivity contribution in [3.63, 3.8) is 0 Å². The summed E-state index contributed by atoms with van der Waals surface area (Å²) in [7, 11) is 0. The molecule has 51 valence electrons. The van der Waals surface area contributed by atoms with Crippen LogP contribution in [0.25, 0.3) is 0 Å². The lowest BCUT2D eigenvalue weighted by Crippen LogP contribution is -1.84. The van der Waals surface area contributed by atoms with Gasteiger partial charge in [0.25, 0.3) is 0 Å². The van der Waals surface area contributed by atoms with E-state index in [9.17, 15) is 4.79 Å². The lowest BCUT2D eigenvalue weighted by atomic mass is 10.1. The minimum absolute atomic E-state index is 0.471. The maximum atomic E-state index is 9.48. The number of allylic oxidation sites excluding steroid dienone is 1. The number of hydrogen-bond donors (Lipinski definition) is 0. The summed E-state index contributed by atoms with van der Waals surface area (Å²) in [5.74, 6) is 0.471. The zero-order chi connectivity index (χ0) is 7.11. The lowest BCUT2D eigenvalue weighted by molar-refractivity contribution is 0.394. The topological polar surface area (TPSA) is 26.3 Å². The maximum absolute atomic E-state index is 9.48. The molecular weight excluding hydrogens is 116 g/mol. The van der Waals surface area contributed by atoms with Gasteiger partial charge in [0.05, 0.1) is 6.26 Å². The van der Waals surface area contributed by atoms with Crippen LogP contribution in [0.2, 0.25) is 0 Å². The molecule has 0 aromatic heterocycles. The Bertz CT molecular complexity index is 97.1. The average Bonchev–Trinajstić information content (AvgIpc) is 1.89. The first-order valence-corrected chi connectivity index (χ1v) is 3.00. The molecule has 0 heterocycles. The van der Waals surface area contributed by atoms with Crippen molar-refractivity contribution >= 4 is 6.47 Å². The second-order valence-electron chi connectivity index (χ2n) is 1.92. The summed E-state index contributed by atoms with van der Waals surface area (Å²) in [6.45, 7) is 5.43. The Morgan fingerprint density at radius 2 is 2.44 bits per heavy atom. The molecule has 1 radical (unpaired) electrons. The molecule has 2 nitrogen and oxygen atoms in total. The second kappa shape index (κ2) is 5.35. The van der Waals surface area contributed by atoms with Crippen LogP contribution in [-0.4, -0.2) is 6.47 Å². The molecule has 1 unspecified atom stereocenters. The Balaban J connectivity index is 3.31. The Morgan fingerprint density at radius 1 is 1.78 bits per heavy atom. The van der Waals surface area contributed by atoms with Crippen LogP contribution >= 0.6 is 0 Å². The van der Waals surface area contributed by atoms with Crippen LogP contribution in [-0.2, 0) is 9.53 Å². The molecule has 0 bridgehead atoms. The van der Waals surface area contributed by atoms with Crippen molar-refractivity contribution in [3.05, 3.63) is 12.3 Å². The van der Waals surface area contributed by atoms with Crippen molar-refractivity contribution in [2.45, 2.75) is 20.3 Å². The first-order valence-electron chi connectivity index (χ1n) is 3.00. The summed E-state index contributed by atoms with van der Waals surface area (Å²) in [6.07, 6.45) is 4.24. The van der Waals surface area contributed by atoms with Gasteiger partial charge in [-0.05, 0) is 18.4 Å². The number of carbonyl (C=O) groups excluding carboxylic acids is 1. The lowest BCUT2D eigenvalue weighted by Gasteiger charge is -1.96. The van der Waals surface area contributed by atoms with Gasteiger partial charge < -0.3 is 4.74 Å². The van der Waals surface area contributed by atoms with Gasteiger partial charge in [-0.15, -0.1) is 0 Å². The molecule has 0 N–H and O–H groups in total. The van der Waals surface area contributed by atoms with E-state index in [1.165, 1.54) is 12.7 Å². The van der Waals surface area contributed by atoms with Crippen LogP contribution in [0.1, 0.15) is 20.3 Å². The zero-order valence-electron chi connectivity index (χ0n) is 5.76. The average molecular weight is 127 g/mol. The van der Waals surface area contributed by atoms with Crippen LogP contribution in [0.15, 0.2) is 12.3 Å². The molecule has 0 aliphatic rings. The van der Waals surface area contributed by atoms with Gasteiger partial charge in [0, 0.05) is 0 Å². The summed E-state index contributed by atoms with van der Waals surface area (Å²) < 4.78 is 4.22. The fourth-order valence-electron chi connectivity index (χ4n) is 0.337. The van der Waals surface area contributed by atoms with Gasteiger partial charge in [-0.1, -0.05) is 13.8 Å². The van der Waals surface area contributed by atoms with Crippen LogP contribution in [0.5, 0.6) is 0 Å². The smallest absolute Gasteiger partial charge is 0.422 e. The highest BCUT2D eigenvalue weighted by Gasteiger charge is 1.88. The van der Waals surface area contributed by atoms with E-state index in [0.29, 0.717) is 5.92 Å². The van der Waals surface area contributed by atoms with Crippen molar-refractivity contribution < 1.29 is 9.53 Å². The highest BCUT2D eigenvalue weighted by molar-refractivity contribution is 5.39. The van der Waals surface area contributed by atoms with E-state index in [1.807, 2.05) is 13.0 Å². The molecule has 0 fully saturated rings. The molecule has 1 atom stereocenters. The van der Waals surface area contributed by atoms with Gasteiger partial charge in [-0.3, -0.25) is 0 Å². The molecule has 0 spiro atoms. The predicted molar refractivity (Wildman–Crippen MR) is 35.4 cm³/mol. The molecule has 0 rings (SSSR count). The standard InChI is InChI=1S/C7H11O2/c1-3-7(2)4-5-9-6-8/h4-5,7H,3H2,1-2H3/b5-4+. The van der Waals surface area contributed by atoms with Crippen molar-refractivity contribution in [3.8, 4) is 0 Å². The maximum Gasteiger partial charge on any atom is 0.422 e. The largest absolute Gasteiger partial charge is 0.426 e. The summed E-state index contributed by atoms with van der Waals surface area (Å²) in [4.78, 5) is 9.48. The molecule has 0 aromatic rings. The van der Waals surface area contributed by atoms with E-state index in [4.69, 9.17) is 0 Å². The highest BCUT2D eigenvalue weighted by atomic mass is 16.5. The van der Waals surface area contributed by atoms with Crippen molar-refractivity contribution in [1.82, 2.24) is 0 Å². The van der Waals surface area contributed by atoms with E-state index < -0.39 is 0 Å². The number of hydrogen-bond acceptors (Lipinski definition) is 2. The van der Waals surface area contributed by atoms with Crippen molar-refractivity contribution in [1.29, 1.82) is 0 Å². The van der Waals surface area contributed by atoms with Crippen molar-refractivity contribution in [2.75, 3.05) is 0 Å². The van der Waals surface area contributed by atoms with E-state index in [1.54, 1.807) is 0 Å². The van der Waals surface area contributed by atoms with Crippen LogP contribution in [0, 0.1) is 5.92 Å². The number of rotatable bonds is 4. The predicted octanol–water partition coefficient (Wildman–Crippen LogP) is 1.63. The summed E-state index contributed by atoms with van der Waals surface area (Å²) in [6, 6.07) is 0. The molecule has 0 aliphatic heterocycles. The first-order chi connectivity index (χ1) is 4.31. The van der Waals surface area contributed by atoms with Gasteiger partial charge in [0.15, 0.2) is 0 Å². The number of ether oxygens (including phenoxy) is 1. The van der Waals surface area contributed by atoms with E-state index in [-0.39, 0.29) is 0 Å².